The third-order valence-corrected chi connectivity index (χ3v) is 7.99. The Bertz CT molecular complexity index is 1310. The van der Waals surface area contributed by atoms with Gasteiger partial charge in [-0.1, -0.05) is 12.1 Å². The van der Waals surface area contributed by atoms with Crippen LogP contribution in [0.15, 0.2) is 41.2 Å². The molecule has 2 unspecified atom stereocenters. The number of barbiturate groups is 1. The summed E-state index contributed by atoms with van der Waals surface area (Å²) in [6.07, 6.45) is 1.10. The van der Waals surface area contributed by atoms with Crippen molar-refractivity contribution in [3.8, 4) is 11.5 Å². The minimum atomic E-state index is -1.47. The number of amides is 4. The monoisotopic (exact) mass is 492 g/mol. The maximum atomic E-state index is 13.7. The number of aromatic nitrogens is 1. The van der Waals surface area contributed by atoms with Crippen molar-refractivity contribution in [2.75, 3.05) is 40.5 Å². The van der Waals surface area contributed by atoms with Crippen LogP contribution >= 0.6 is 0 Å². The molecule has 4 aliphatic heterocycles. The molecule has 1 aromatic carbocycles. The van der Waals surface area contributed by atoms with E-state index in [1.165, 1.54) is 14.1 Å². The lowest BCUT2D eigenvalue weighted by molar-refractivity contribution is -0.159. The van der Waals surface area contributed by atoms with Crippen molar-refractivity contribution in [3.05, 3.63) is 58.0 Å². The highest BCUT2D eigenvalue weighted by atomic mass is 16.7. The summed E-state index contributed by atoms with van der Waals surface area (Å²) < 4.78 is 12.8. The van der Waals surface area contributed by atoms with Crippen molar-refractivity contribution in [1.82, 2.24) is 19.3 Å². The number of nitrogens with zero attached hydrogens (tertiary/aromatic N) is 4. The number of carbonyl (C=O) groups is 3. The van der Waals surface area contributed by atoms with Crippen molar-refractivity contribution in [2.24, 2.45) is 11.3 Å². The summed E-state index contributed by atoms with van der Waals surface area (Å²) in [7, 11) is 2.85. The fourth-order valence-corrected chi connectivity index (χ4v) is 6.38. The number of likely N-dealkylation sites (tertiary alicyclic amines) is 1. The molecular weight excluding hydrogens is 464 g/mol. The van der Waals surface area contributed by atoms with Crippen LogP contribution in [0.25, 0.3) is 0 Å². The molecule has 10 nitrogen and oxygen atoms in total. The van der Waals surface area contributed by atoms with E-state index in [0.29, 0.717) is 31.1 Å². The zero-order valence-corrected chi connectivity index (χ0v) is 20.3. The third kappa shape index (κ3) is 3.42. The fraction of sp³-hybridized carbons (Fsp3) is 0.462. The predicted molar refractivity (Wildman–Crippen MR) is 128 cm³/mol. The molecule has 0 radical (unpaired) electrons. The zero-order chi connectivity index (χ0) is 25.2. The lowest BCUT2D eigenvalue weighted by atomic mass is 9.75. The number of urea groups is 1. The second kappa shape index (κ2) is 8.19. The maximum Gasteiger partial charge on any atom is 0.332 e. The molecule has 4 aliphatic rings. The van der Waals surface area contributed by atoms with Crippen LogP contribution in [-0.4, -0.2) is 77.6 Å². The van der Waals surface area contributed by atoms with Crippen LogP contribution in [-0.2, 0) is 22.6 Å². The molecule has 2 aromatic rings. The first-order valence-corrected chi connectivity index (χ1v) is 12.2. The van der Waals surface area contributed by atoms with Gasteiger partial charge in [0.2, 0.25) is 18.6 Å². The van der Waals surface area contributed by atoms with E-state index in [1.54, 1.807) is 24.3 Å². The number of imide groups is 2. The Morgan fingerprint density at radius 1 is 0.917 bits per heavy atom. The van der Waals surface area contributed by atoms with Gasteiger partial charge in [0.15, 0.2) is 11.5 Å². The molecule has 188 valence electrons. The normalized spacial score (nSPS) is 24.8. The minimum absolute atomic E-state index is 0.00864. The van der Waals surface area contributed by atoms with Crippen molar-refractivity contribution in [3.63, 3.8) is 0 Å². The number of rotatable bonds is 4. The summed E-state index contributed by atoms with van der Waals surface area (Å²) in [5.41, 5.74) is 0.298. The summed E-state index contributed by atoms with van der Waals surface area (Å²) in [6, 6.07) is 10.2. The van der Waals surface area contributed by atoms with Gasteiger partial charge >= 0.3 is 6.03 Å². The largest absolute Gasteiger partial charge is 0.454 e. The van der Waals surface area contributed by atoms with E-state index in [0.717, 1.165) is 27.5 Å². The highest BCUT2D eigenvalue weighted by molar-refractivity contribution is 6.19. The molecule has 0 aliphatic carbocycles. The second-order valence-electron chi connectivity index (χ2n) is 10.3. The van der Waals surface area contributed by atoms with Gasteiger partial charge in [0.05, 0.1) is 0 Å². The first kappa shape index (κ1) is 22.8. The average Bonchev–Trinajstić information content (AvgIpc) is 3.34. The first-order chi connectivity index (χ1) is 17.3. The number of pyridine rings is 1. The Balaban J connectivity index is 1.35. The Morgan fingerprint density at radius 2 is 1.67 bits per heavy atom. The van der Waals surface area contributed by atoms with Gasteiger partial charge in [-0.25, -0.2) is 4.79 Å². The second-order valence-corrected chi connectivity index (χ2v) is 10.3. The lowest BCUT2D eigenvalue weighted by Gasteiger charge is -2.48. The first-order valence-electron chi connectivity index (χ1n) is 12.2. The number of ether oxygens (including phenoxy) is 2. The predicted octanol–water partition coefficient (Wildman–Crippen LogP) is 1.28. The smallest absolute Gasteiger partial charge is 0.332 e. The minimum Gasteiger partial charge on any atom is -0.454 e. The number of benzene rings is 1. The number of fused-ring (bicyclic) bond motifs is 5. The van der Waals surface area contributed by atoms with Crippen LogP contribution in [0.5, 0.6) is 11.5 Å². The number of piperidine rings is 1. The van der Waals surface area contributed by atoms with Gasteiger partial charge in [-0.05, 0) is 42.5 Å². The van der Waals surface area contributed by atoms with Crippen LogP contribution in [0.2, 0.25) is 0 Å². The van der Waals surface area contributed by atoms with Gasteiger partial charge in [0.25, 0.3) is 5.56 Å². The van der Waals surface area contributed by atoms with Gasteiger partial charge < -0.3 is 18.9 Å². The summed E-state index contributed by atoms with van der Waals surface area (Å²) in [4.78, 5) is 56.8. The van der Waals surface area contributed by atoms with Crippen LogP contribution in [0.1, 0.15) is 23.6 Å². The van der Waals surface area contributed by atoms with Crippen LogP contribution in [0.4, 0.5) is 4.79 Å². The van der Waals surface area contributed by atoms with Crippen molar-refractivity contribution >= 4 is 17.8 Å². The molecule has 4 amide bonds. The topological polar surface area (TPSA) is 101 Å². The molecule has 5 heterocycles. The van der Waals surface area contributed by atoms with Crippen molar-refractivity contribution in [2.45, 2.75) is 25.3 Å². The van der Waals surface area contributed by atoms with E-state index >= 15 is 0 Å². The van der Waals surface area contributed by atoms with Crippen LogP contribution < -0.4 is 15.0 Å². The van der Waals surface area contributed by atoms with E-state index in [-0.39, 0.29) is 37.2 Å². The molecule has 2 fully saturated rings. The Kier molecular flexibility index (Phi) is 5.18. The van der Waals surface area contributed by atoms with Crippen LogP contribution in [0, 0.1) is 11.3 Å². The molecule has 0 N–H and O–H groups in total. The van der Waals surface area contributed by atoms with Gasteiger partial charge in [0.1, 0.15) is 5.41 Å². The third-order valence-electron chi connectivity index (χ3n) is 7.99. The van der Waals surface area contributed by atoms with Gasteiger partial charge in [-0.15, -0.1) is 0 Å². The van der Waals surface area contributed by atoms with Crippen LogP contribution in [0.3, 0.4) is 0 Å². The van der Waals surface area contributed by atoms with Crippen molar-refractivity contribution < 1.29 is 23.9 Å². The molecule has 6 rings (SSSR count). The standard InChI is InChI=1S/C26H28N4O6/c1-27-23(32)26(24(33)28(2)25(27)34,10-16-6-7-20-21(9-16)36-15-35-20)14-29-11-17-8-18(13-29)19-4-3-5-22(31)30(19)12-17/h3-7,9,17-18H,8,10-15H2,1-2H3. The number of carbonyl (C=O) groups excluding carboxylic acids is 3. The summed E-state index contributed by atoms with van der Waals surface area (Å²) in [5.74, 6) is 0.577. The summed E-state index contributed by atoms with van der Waals surface area (Å²) >= 11 is 0. The fourth-order valence-electron chi connectivity index (χ4n) is 6.38. The Hall–Kier alpha value is -3.66. The van der Waals surface area contributed by atoms with E-state index in [2.05, 4.69) is 4.90 Å². The molecule has 36 heavy (non-hydrogen) atoms. The Morgan fingerprint density at radius 3 is 2.44 bits per heavy atom. The highest BCUT2D eigenvalue weighted by Crippen LogP contribution is 2.40. The molecular formula is C26H28N4O6. The SMILES string of the molecule is CN1C(=O)N(C)C(=O)C(Cc2ccc3c(c2)OCO3)(CN2CC3CC(C2)c2cccc(=O)n2C3)C1=O. The average molecular weight is 493 g/mol. The van der Waals surface area contributed by atoms with Gasteiger partial charge in [0, 0.05) is 58.0 Å². The molecule has 0 saturated carbocycles. The number of hydrogen-bond donors (Lipinski definition) is 0. The number of hydrogen-bond acceptors (Lipinski definition) is 7. The van der Waals surface area contributed by atoms with Gasteiger partial charge in [-0.2, -0.15) is 0 Å². The van der Waals surface area contributed by atoms with Crippen molar-refractivity contribution in [1.29, 1.82) is 0 Å². The lowest BCUT2D eigenvalue weighted by Crippen LogP contribution is -2.67. The summed E-state index contributed by atoms with van der Waals surface area (Å²) in [6.45, 7) is 2.23. The highest BCUT2D eigenvalue weighted by Gasteiger charge is 2.56. The van der Waals surface area contributed by atoms with E-state index in [4.69, 9.17) is 9.47 Å². The molecule has 2 bridgehead atoms. The molecule has 0 spiro atoms. The summed E-state index contributed by atoms with van der Waals surface area (Å²) in [5, 5.41) is 0. The van der Waals surface area contributed by atoms with E-state index in [1.807, 2.05) is 16.7 Å². The molecule has 10 heteroatoms. The molecule has 1 aromatic heterocycles. The quantitative estimate of drug-likeness (QED) is 0.593. The van der Waals surface area contributed by atoms with Gasteiger partial charge in [-0.3, -0.25) is 24.2 Å². The van der Waals surface area contributed by atoms with E-state index in [9.17, 15) is 19.2 Å². The molecule has 2 saturated heterocycles. The zero-order valence-electron chi connectivity index (χ0n) is 20.3. The molecule has 2 atom stereocenters. The Labute approximate surface area is 208 Å². The van der Waals surface area contributed by atoms with E-state index < -0.39 is 23.3 Å². The maximum absolute atomic E-state index is 13.7.